The summed E-state index contributed by atoms with van der Waals surface area (Å²) in [6.45, 7) is 3.34. The van der Waals surface area contributed by atoms with Crippen LogP contribution in [-0.2, 0) is 16.1 Å². The van der Waals surface area contributed by atoms with E-state index in [9.17, 15) is 4.79 Å². The van der Waals surface area contributed by atoms with E-state index in [1.165, 1.54) is 0 Å². The highest BCUT2D eigenvalue weighted by Gasteiger charge is 2.17. The Bertz CT molecular complexity index is 1310. The van der Waals surface area contributed by atoms with Crippen molar-refractivity contribution >= 4 is 51.3 Å². The third kappa shape index (κ3) is 5.19. The van der Waals surface area contributed by atoms with Gasteiger partial charge in [-0.25, -0.2) is 4.98 Å². The second-order valence-electron chi connectivity index (χ2n) is 8.30. The number of carbonyl (C=O) groups excluding carboxylic acids is 1. The van der Waals surface area contributed by atoms with Crippen LogP contribution in [0, 0.1) is 0 Å². The number of hydrogen-bond donors (Lipinski definition) is 0. The lowest BCUT2D eigenvalue weighted by Crippen LogP contribution is -2.40. The lowest BCUT2D eigenvalue weighted by molar-refractivity contribution is -0.135. The maximum Gasteiger partial charge on any atom is 0.222 e. The fourth-order valence-electron chi connectivity index (χ4n) is 4.24. The highest BCUT2D eigenvalue weighted by molar-refractivity contribution is 7.99. The molecule has 176 valence electrons. The molecule has 1 saturated heterocycles. The fourth-order valence-corrected chi connectivity index (χ4v) is 5.23. The number of aromatic nitrogens is 4. The summed E-state index contributed by atoms with van der Waals surface area (Å²) in [5.74, 6) is 1.07. The van der Waals surface area contributed by atoms with Gasteiger partial charge in [-0.15, -0.1) is 10.2 Å². The molecule has 2 aromatic heterocycles. The van der Waals surface area contributed by atoms with Crippen molar-refractivity contribution in [3.8, 4) is 0 Å². The number of benzene rings is 2. The first-order chi connectivity index (χ1) is 16.7. The number of rotatable bonds is 8. The van der Waals surface area contributed by atoms with Crippen molar-refractivity contribution in [2.24, 2.45) is 0 Å². The van der Waals surface area contributed by atoms with E-state index >= 15 is 0 Å². The number of fused-ring (bicyclic) bond motifs is 3. The van der Waals surface area contributed by atoms with Crippen LogP contribution in [0.3, 0.4) is 0 Å². The number of unbranched alkanes of at least 4 members (excludes halogenated alkanes) is 1. The molecule has 2 aromatic carbocycles. The Kier molecular flexibility index (Phi) is 7.27. The Morgan fingerprint density at radius 2 is 1.91 bits per heavy atom. The second kappa shape index (κ2) is 10.7. The van der Waals surface area contributed by atoms with Crippen LogP contribution >= 0.6 is 23.4 Å². The monoisotopic (exact) mass is 495 g/mol. The van der Waals surface area contributed by atoms with Crippen LogP contribution in [-0.4, -0.2) is 62.6 Å². The van der Waals surface area contributed by atoms with Crippen LogP contribution in [0.25, 0.3) is 22.1 Å². The summed E-state index contributed by atoms with van der Waals surface area (Å²) >= 11 is 7.80. The largest absolute Gasteiger partial charge is 0.378 e. The molecule has 0 radical (unpaired) electrons. The number of morpholine rings is 1. The maximum absolute atomic E-state index is 12.3. The van der Waals surface area contributed by atoms with Crippen molar-refractivity contribution in [1.82, 2.24) is 24.6 Å². The van der Waals surface area contributed by atoms with Gasteiger partial charge in [0.05, 0.1) is 18.7 Å². The van der Waals surface area contributed by atoms with Gasteiger partial charge in [-0.3, -0.25) is 4.79 Å². The number of para-hydroxylation sites is 1. The molecular formula is C25H26ClN5O2S. The lowest BCUT2D eigenvalue weighted by Gasteiger charge is -2.26. The van der Waals surface area contributed by atoms with E-state index in [1.807, 2.05) is 35.2 Å². The van der Waals surface area contributed by atoms with Gasteiger partial charge in [0.25, 0.3) is 0 Å². The molecule has 34 heavy (non-hydrogen) atoms. The molecular weight excluding hydrogens is 470 g/mol. The summed E-state index contributed by atoms with van der Waals surface area (Å²) in [5.41, 5.74) is 3.80. The van der Waals surface area contributed by atoms with E-state index in [2.05, 4.69) is 33.0 Å². The molecule has 1 aliphatic heterocycles. The summed E-state index contributed by atoms with van der Waals surface area (Å²) in [4.78, 5) is 19.1. The molecule has 3 heterocycles. The second-order valence-corrected chi connectivity index (χ2v) is 9.80. The average Bonchev–Trinajstić information content (AvgIpc) is 3.17. The average molecular weight is 496 g/mol. The molecule has 0 unspecified atom stereocenters. The third-order valence-corrected chi connectivity index (χ3v) is 7.12. The van der Waals surface area contributed by atoms with Crippen molar-refractivity contribution in [2.45, 2.75) is 31.0 Å². The molecule has 7 nitrogen and oxygen atoms in total. The van der Waals surface area contributed by atoms with Gasteiger partial charge >= 0.3 is 0 Å². The number of carbonyl (C=O) groups is 1. The standard InChI is InChI=1S/C25H26ClN5O2S/c26-19-7-5-6-18(16-19)17-31-21-9-2-1-8-20(21)23-24(31)27-25(29-28-23)34-15-4-3-10-22(32)30-11-13-33-14-12-30/h1-2,5-9,16H,3-4,10-15,17H2. The molecule has 0 spiro atoms. The molecule has 5 rings (SSSR count). The van der Waals surface area contributed by atoms with E-state index in [0.29, 0.717) is 44.4 Å². The topological polar surface area (TPSA) is 73.1 Å². The van der Waals surface area contributed by atoms with Crippen molar-refractivity contribution < 1.29 is 9.53 Å². The third-order valence-electron chi connectivity index (χ3n) is 5.96. The molecule has 0 atom stereocenters. The molecule has 9 heteroatoms. The Hall–Kier alpha value is -2.68. The lowest BCUT2D eigenvalue weighted by atomic mass is 10.2. The Balaban J connectivity index is 1.27. The number of ether oxygens (including phenoxy) is 1. The van der Waals surface area contributed by atoms with E-state index in [0.717, 1.165) is 51.2 Å². The van der Waals surface area contributed by atoms with Gasteiger partial charge in [-0.1, -0.05) is 53.7 Å². The summed E-state index contributed by atoms with van der Waals surface area (Å²) in [7, 11) is 0. The summed E-state index contributed by atoms with van der Waals surface area (Å²) in [5, 5.41) is 11.3. The zero-order valence-electron chi connectivity index (χ0n) is 18.8. The molecule has 0 bridgehead atoms. The minimum absolute atomic E-state index is 0.221. The van der Waals surface area contributed by atoms with E-state index in [-0.39, 0.29) is 5.91 Å². The molecule has 0 N–H and O–H groups in total. The van der Waals surface area contributed by atoms with Crippen molar-refractivity contribution in [2.75, 3.05) is 32.1 Å². The van der Waals surface area contributed by atoms with Gasteiger partial charge in [0.2, 0.25) is 11.1 Å². The van der Waals surface area contributed by atoms with Crippen LogP contribution in [0.5, 0.6) is 0 Å². The van der Waals surface area contributed by atoms with Crippen LogP contribution in [0.4, 0.5) is 0 Å². The van der Waals surface area contributed by atoms with Crippen LogP contribution in [0.1, 0.15) is 24.8 Å². The first kappa shape index (κ1) is 23.1. The zero-order chi connectivity index (χ0) is 23.3. The number of amides is 1. The Morgan fingerprint density at radius 1 is 1.06 bits per heavy atom. The Morgan fingerprint density at radius 3 is 2.76 bits per heavy atom. The van der Waals surface area contributed by atoms with E-state index < -0.39 is 0 Å². The van der Waals surface area contributed by atoms with Gasteiger partial charge in [0, 0.05) is 42.2 Å². The highest BCUT2D eigenvalue weighted by atomic mass is 35.5. The molecule has 0 saturated carbocycles. The quantitative estimate of drug-likeness (QED) is 0.258. The van der Waals surface area contributed by atoms with Crippen molar-refractivity contribution in [3.05, 3.63) is 59.1 Å². The fraction of sp³-hybridized carbons (Fsp3) is 0.360. The minimum Gasteiger partial charge on any atom is -0.378 e. The molecule has 1 fully saturated rings. The number of hydrogen-bond acceptors (Lipinski definition) is 6. The number of thioether (sulfide) groups is 1. The van der Waals surface area contributed by atoms with Crippen molar-refractivity contribution in [3.63, 3.8) is 0 Å². The van der Waals surface area contributed by atoms with Gasteiger partial charge < -0.3 is 14.2 Å². The summed E-state index contributed by atoms with van der Waals surface area (Å²) in [6.07, 6.45) is 2.36. The van der Waals surface area contributed by atoms with Gasteiger partial charge in [0.1, 0.15) is 5.52 Å². The molecule has 1 amide bonds. The Labute approximate surface area is 207 Å². The van der Waals surface area contributed by atoms with Crippen LogP contribution < -0.4 is 0 Å². The van der Waals surface area contributed by atoms with E-state index in [4.69, 9.17) is 21.3 Å². The van der Waals surface area contributed by atoms with Crippen LogP contribution in [0.2, 0.25) is 5.02 Å². The minimum atomic E-state index is 0.221. The molecule has 0 aliphatic carbocycles. The smallest absolute Gasteiger partial charge is 0.222 e. The van der Waals surface area contributed by atoms with Gasteiger partial charge in [-0.05, 0) is 36.6 Å². The predicted molar refractivity (Wildman–Crippen MR) is 135 cm³/mol. The summed E-state index contributed by atoms with van der Waals surface area (Å²) < 4.78 is 7.49. The van der Waals surface area contributed by atoms with Crippen molar-refractivity contribution in [1.29, 1.82) is 0 Å². The number of halogens is 1. The molecule has 1 aliphatic rings. The highest BCUT2D eigenvalue weighted by Crippen LogP contribution is 2.28. The maximum atomic E-state index is 12.3. The van der Waals surface area contributed by atoms with Gasteiger partial charge in [-0.2, -0.15) is 0 Å². The van der Waals surface area contributed by atoms with E-state index in [1.54, 1.807) is 11.8 Å². The van der Waals surface area contributed by atoms with Gasteiger partial charge in [0.15, 0.2) is 5.65 Å². The normalized spacial score (nSPS) is 14.2. The molecule has 4 aromatic rings. The SMILES string of the molecule is O=C(CCCCSc1nnc2c3ccccc3n(Cc3cccc(Cl)c3)c2n1)N1CCOCC1. The van der Waals surface area contributed by atoms with Crippen LogP contribution in [0.15, 0.2) is 53.7 Å². The number of nitrogens with zero attached hydrogens (tertiary/aromatic N) is 5. The zero-order valence-corrected chi connectivity index (χ0v) is 20.4. The summed E-state index contributed by atoms with van der Waals surface area (Å²) in [6, 6.07) is 16.1. The predicted octanol–water partition coefficient (Wildman–Crippen LogP) is 4.80. The first-order valence-corrected chi connectivity index (χ1v) is 12.9. The first-order valence-electron chi connectivity index (χ1n) is 11.5.